The molecule has 0 aromatic heterocycles. The van der Waals surface area contributed by atoms with Crippen LogP contribution in [0.2, 0.25) is 12.1 Å². The molecule has 0 amide bonds. The Labute approximate surface area is 79.3 Å². The average Bonchev–Trinajstić information content (AvgIpc) is 1.97. The largest absolute Gasteiger partial charge is 0.251 e. The van der Waals surface area contributed by atoms with E-state index in [1.807, 2.05) is 12.2 Å². The molecule has 0 spiro atoms. The van der Waals surface area contributed by atoms with Gasteiger partial charge in [0.2, 0.25) is 0 Å². The summed E-state index contributed by atoms with van der Waals surface area (Å²) < 4.78 is 0. The first kappa shape index (κ1) is 11.3. The number of hydrogen-bond donors (Lipinski definition) is 0. The van der Waals surface area contributed by atoms with Crippen molar-refractivity contribution < 1.29 is 0 Å². The molecule has 0 nitrogen and oxygen atoms in total. The van der Waals surface area contributed by atoms with E-state index in [2.05, 4.69) is 13.2 Å². The van der Waals surface area contributed by atoms with Gasteiger partial charge in [0.25, 0.3) is 6.69 Å². The molecule has 3 heteroatoms. The number of halogens is 2. The summed E-state index contributed by atoms with van der Waals surface area (Å²) in [5.41, 5.74) is 0. The van der Waals surface area contributed by atoms with Crippen molar-refractivity contribution in [3.8, 4) is 0 Å². The van der Waals surface area contributed by atoms with Crippen LogP contribution in [0.15, 0.2) is 25.3 Å². The number of rotatable bonds is 6. The number of hydrogen-bond acceptors (Lipinski definition) is 0. The van der Waals surface area contributed by atoms with E-state index in [0.29, 0.717) is 0 Å². The molecule has 64 valence electrons. The Bertz CT molecular complexity index is 118. The highest BCUT2D eigenvalue weighted by Crippen LogP contribution is 2.28. The SMILES string of the molecule is C=CCC[Si](Cl)(Cl)CCC=C. The highest BCUT2D eigenvalue weighted by atomic mass is 35.7. The van der Waals surface area contributed by atoms with Crippen LogP contribution in [0.5, 0.6) is 0 Å². The van der Waals surface area contributed by atoms with Gasteiger partial charge in [0.05, 0.1) is 0 Å². The van der Waals surface area contributed by atoms with Crippen molar-refractivity contribution in [2.45, 2.75) is 24.9 Å². The molecule has 0 aromatic rings. The van der Waals surface area contributed by atoms with E-state index < -0.39 is 6.69 Å². The third-order valence-corrected chi connectivity index (χ3v) is 5.74. The molecular weight excluding hydrogens is 195 g/mol. The summed E-state index contributed by atoms with van der Waals surface area (Å²) in [6.07, 6.45) is 5.58. The summed E-state index contributed by atoms with van der Waals surface area (Å²) in [6, 6.07) is 1.82. The summed E-state index contributed by atoms with van der Waals surface area (Å²) >= 11 is 12.2. The molecule has 0 aliphatic heterocycles. The molecule has 0 aromatic carbocycles. The van der Waals surface area contributed by atoms with Gasteiger partial charge in [-0.05, 0) is 24.9 Å². The van der Waals surface area contributed by atoms with Gasteiger partial charge in [-0.1, -0.05) is 12.2 Å². The highest BCUT2D eigenvalue weighted by Gasteiger charge is 2.25. The lowest BCUT2D eigenvalue weighted by atomic mass is 10.5. The summed E-state index contributed by atoms with van der Waals surface area (Å²) in [7, 11) is 0. The zero-order valence-electron chi connectivity index (χ0n) is 6.65. The van der Waals surface area contributed by atoms with Crippen molar-refractivity contribution in [3.63, 3.8) is 0 Å². The number of allylic oxidation sites excluding steroid dienone is 2. The van der Waals surface area contributed by atoms with E-state index >= 15 is 0 Å². The minimum atomic E-state index is -1.94. The summed E-state index contributed by atoms with van der Waals surface area (Å²) in [6.45, 7) is 5.31. The van der Waals surface area contributed by atoms with Gasteiger partial charge in [-0.2, -0.15) is 0 Å². The Morgan fingerprint density at radius 2 is 1.36 bits per heavy atom. The molecule has 0 radical (unpaired) electrons. The van der Waals surface area contributed by atoms with E-state index in [0.717, 1.165) is 24.9 Å². The van der Waals surface area contributed by atoms with E-state index in [1.165, 1.54) is 0 Å². The molecule has 0 heterocycles. The summed E-state index contributed by atoms with van der Waals surface area (Å²) in [5, 5.41) is 0. The van der Waals surface area contributed by atoms with Gasteiger partial charge >= 0.3 is 0 Å². The molecule has 0 unspecified atom stereocenters. The molecule has 0 aliphatic carbocycles. The van der Waals surface area contributed by atoms with Crippen molar-refractivity contribution in [3.05, 3.63) is 25.3 Å². The van der Waals surface area contributed by atoms with E-state index in [9.17, 15) is 0 Å². The van der Waals surface area contributed by atoms with Crippen molar-refractivity contribution >= 4 is 28.9 Å². The molecular formula is C8H14Cl2Si. The Balaban J connectivity index is 3.59. The minimum absolute atomic E-state index is 0.910. The van der Waals surface area contributed by atoms with Gasteiger partial charge in [0, 0.05) is 0 Å². The van der Waals surface area contributed by atoms with Crippen LogP contribution in [0.25, 0.3) is 0 Å². The monoisotopic (exact) mass is 208 g/mol. The molecule has 0 N–H and O–H groups in total. The Morgan fingerprint density at radius 1 is 1.00 bits per heavy atom. The quantitative estimate of drug-likeness (QED) is 0.351. The maximum absolute atomic E-state index is 6.10. The second-order valence-electron chi connectivity index (χ2n) is 2.51. The zero-order valence-corrected chi connectivity index (χ0v) is 9.17. The van der Waals surface area contributed by atoms with Crippen molar-refractivity contribution in [1.29, 1.82) is 0 Å². The van der Waals surface area contributed by atoms with E-state index in [1.54, 1.807) is 0 Å². The van der Waals surface area contributed by atoms with Crippen LogP contribution in [0.1, 0.15) is 12.8 Å². The van der Waals surface area contributed by atoms with E-state index in [-0.39, 0.29) is 0 Å². The molecule has 0 bridgehead atoms. The van der Waals surface area contributed by atoms with Gasteiger partial charge in [-0.15, -0.1) is 35.3 Å². The topological polar surface area (TPSA) is 0 Å². The Hall–Kier alpha value is 0.277. The first-order valence-electron chi connectivity index (χ1n) is 3.72. The van der Waals surface area contributed by atoms with Crippen molar-refractivity contribution in [2.75, 3.05) is 0 Å². The molecule has 0 fully saturated rings. The molecule has 0 atom stereocenters. The van der Waals surface area contributed by atoms with Gasteiger partial charge in [0.1, 0.15) is 0 Å². The molecule has 0 saturated carbocycles. The predicted octanol–water partition coefficient (Wildman–Crippen LogP) is 4.06. The fraction of sp³-hybridized carbons (Fsp3) is 0.500. The fourth-order valence-corrected chi connectivity index (χ4v) is 3.56. The summed E-state index contributed by atoms with van der Waals surface area (Å²) in [4.78, 5) is 0. The lowest BCUT2D eigenvalue weighted by molar-refractivity contribution is 1.13. The fourth-order valence-electron chi connectivity index (χ4n) is 0.751. The van der Waals surface area contributed by atoms with Crippen LogP contribution in [0.4, 0.5) is 0 Å². The highest BCUT2D eigenvalue weighted by molar-refractivity contribution is 7.45. The first-order chi connectivity index (χ1) is 5.12. The van der Waals surface area contributed by atoms with Gasteiger partial charge in [0.15, 0.2) is 0 Å². The molecule has 0 saturated heterocycles. The van der Waals surface area contributed by atoms with Crippen LogP contribution >= 0.6 is 22.2 Å². The van der Waals surface area contributed by atoms with Crippen LogP contribution in [-0.4, -0.2) is 6.69 Å². The van der Waals surface area contributed by atoms with Crippen molar-refractivity contribution in [1.82, 2.24) is 0 Å². The maximum Gasteiger partial charge on any atom is 0.251 e. The van der Waals surface area contributed by atoms with Gasteiger partial charge < -0.3 is 0 Å². The van der Waals surface area contributed by atoms with Gasteiger partial charge in [-0.3, -0.25) is 0 Å². The van der Waals surface area contributed by atoms with Crippen LogP contribution in [-0.2, 0) is 0 Å². The first-order valence-corrected chi connectivity index (χ1v) is 8.16. The normalized spacial score (nSPS) is 11.1. The molecule has 0 rings (SSSR count). The standard InChI is InChI=1S/C8H14Cl2Si/c1-3-5-7-11(9,10)8-6-4-2/h3-4H,1-2,5-8H2. The summed E-state index contributed by atoms with van der Waals surface area (Å²) in [5.74, 6) is 0. The predicted molar refractivity (Wildman–Crippen MR) is 56.7 cm³/mol. The van der Waals surface area contributed by atoms with Crippen molar-refractivity contribution in [2.24, 2.45) is 0 Å². The third kappa shape index (κ3) is 6.67. The zero-order chi connectivity index (χ0) is 8.74. The lowest BCUT2D eigenvalue weighted by Gasteiger charge is -2.13. The second-order valence-corrected chi connectivity index (χ2v) is 10.1. The second kappa shape index (κ2) is 5.87. The van der Waals surface area contributed by atoms with E-state index in [4.69, 9.17) is 22.2 Å². The van der Waals surface area contributed by atoms with Crippen LogP contribution in [0, 0.1) is 0 Å². The van der Waals surface area contributed by atoms with Crippen LogP contribution < -0.4 is 0 Å². The average molecular weight is 209 g/mol. The minimum Gasteiger partial charge on any atom is -0.146 e. The molecule has 0 aliphatic rings. The Kier molecular flexibility index (Phi) is 6.02. The lowest BCUT2D eigenvalue weighted by Crippen LogP contribution is -2.17. The maximum atomic E-state index is 6.10. The third-order valence-electron chi connectivity index (χ3n) is 1.43. The van der Waals surface area contributed by atoms with Crippen LogP contribution in [0.3, 0.4) is 0 Å². The Morgan fingerprint density at radius 3 is 1.64 bits per heavy atom. The smallest absolute Gasteiger partial charge is 0.146 e. The van der Waals surface area contributed by atoms with Gasteiger partial charge in [-0.25, -0.2) is 0 Å². The molecule has 11 heavy (non-hydrogen) atoms.